The summed E-state index contributed by atoms with van der Waals surface area (Å²) in [4.78, 5) is 47.2. The molecule has 0 bridgehead atoms. The Hall–Kier alpha value is 1.88. The average molecular weight is 508 g/mol. The fourth-order valence-corrected chi connectivity index (χ4v) is 0. The molecule has 0 heterocycles. The van der Waals surface area contributed by atoms with Gasteiger partial charge in [0.05, 0.1) is 0 Å². The van der Waals surface area contributed by atoms with Gasteiger partial charge in [-0.1, -0.05) is 0 Å². The van der Waals surface area contributed by atoms with E-state index in [1.807, 2.05) is 0 Å². The summed E-state index contributed by atoms with van der Waals surface area (Å²) in [5.41, 5.74) is 0. The minimum Gasteiger partial charge on any atom is -0.822 e. The van der Waals surface area contributed by atoms with Crippen LogP contribution >= 0.6 is 15.6 Å². The number of hydrogen-bond donors (Lipinski definition) is 3. The molecule has 76 valence electrons. The summed E-state index contributed by atoms with van der Waals surface area (Å²) in [5, 5.41) is 0. The van der Waals surface area contributed by atoms with E-state index in [0.717, 1.165) is 0 Å². The molecule has 0 amide bonds. The van der Waals surface area contributed by atoms with Crippen LogP contribution in [0.3, 0.4) is 0 Å². The molecule has 0 aromatic heterocycles. The van der Waals surface area contributed by atoms with E-state index in [9.17, 15) is 0 Å². The van der Waals surface area contributed by atoms with Crippen LogP contribution < -0.4 is 14.7 Å². The number of rotatable bonds is 0. The second-order valence-corrected chi connectivity index (χ2v) is 2.88. The summed E-state index contributed by atoms with van der Waals surface area (Å²) < 4.78 is 17.4. The van der Waals surface area contributed by atoms with Crippen molar-refractivity contribution in [2.45, 2.75) is 0 Å². The van der Waals surface area contributed by atoms with Crippen molar-refractivity contribution in [2.75, 3.05) is 0 Å². The molecule has 2 radical (unpaired) electrons. The largest absolute Gasteiger partial charge is 2.00 e. The topological polar surface area (TPSA) is 164 Å². The third-order valence-corrected chi connectivity index (χ3v) is 0. The second kappa shape index (κ2) is 9.44. The summed E-state index contributed by atoms with van der Waals surface area (Å²) in [6.45, 7) is 0. The zero-order chi connectivity index (χ0) is 9.00. The first-order chi connectivity index (χ1) is 4.00. The summed E-state index contributed by atoms with van der Waals surface area (Å²) in [7, 11) is -10.0. The standard InChI is InChI=1S/Ag.2H3O4P.Pb/c;2*1-5(2,3)4;/h;2*(H3,1,2,3,4);/q+1;;;+2/p-3. The van der Waals surface area contributed by atoms with Gasteiger partial charge in [0, 0.05) is 0 Å². The van der Waals surface area contributed by atoms with Crippen molar-refractivity contribution >= 4 is 42.9 Å². The van der Waals surface area contributed by atoms with Gasteiger partial charge >= 0.3 is 57.5 Å². The molecule has 12 heavy (non-hydrogen) atoms. The maximum atomic E-state index is 8.88. The van der Waals surface area contributed by atoms with Crippen molar-refractivity contribution in [3.8, 4) is 0 Å². The first-order valence-corrected chi connectivity index (χ1v) is 4.54. The van der Waals surface area contributed by atoms with Crippen LogP contribution in [0.5, 0.6) is 0 Å². The fourth-order valence-electron chi connectivity index (χ4n) is 0. The summed E-state index contributed by atoms with van der Waals surface area (Å²) in [5.74, 6) is 0. The van der Waals surface area contributed by atoms with Crippen LogP contribution in [0, 0.1) is 0 Å². The molecular formula is H3AgO8P2Pb. The number of phosphoric acid groups is 2. The van der Waals surface area contributed by atoms with Gasteiger partial charge in [-0.3, -0.25) is 0 Å². The van der Waals surface area contributed by atoms with Gasteiger partial charge in [-0.05, 0) is 0 Å². The van der Waals surface area contributed by atoms with Gasteiger partial charge in [-0.15, -0.1) is 0 Å². The van der Waals surface area contributed by atoms with Crippen LogP contribution in [-0.4, -0.2) is 42.0 Å². The van der Waals surface area contributed by atoms with Crippen molar-refractivity contribution in [1.29, 1.82) is 0 Å². The zero-order valence-electron chi connectivity index (χ0n) is 5.08. The molecule has 0 saturated carbocycles. The molecule has 0 saturated heterocycles. The van der Waals surface area contributed by atoms with Crippen LogP contribution in [-0.2, 0) is 31.5 Å². The molecule has 0 fully saturated rings. The first kappa shape index (κ1) is 23.6. The maximum Gasteiger partial charge on any atom is 2.00 e. The van der Waals surface area contributed by atoms with E-state index in [1.54, 1.807) is 0 Å². The minimum atomic E-state index is -5.39. The summed E-state index contributed by atoms with van der Waals surface area (Å²) >= 11 is 0. The van der Waals surface area contributed by atoms with Gasteiger partial charge < -0.3 is 33.9 Å². The molecule has 12 heteroatoms. The van der Waals surface area contributed by atoms with Gasteiger partial charge in [0.25, 0.3) is 0 Å². The molecule has 0 aromatic rings. The Balaban J connectivity index is -0.0000000457. The van der Waals surface area contributed by atoms with Crippen molar-refractivity contribution < 1.29 is 60.9 Å². The molecule has 0 aliphatic rings. The molecular weight excluding hydrogens is 505 g/mol. The third kappa shape index (κ3) is 397. The fraction of sp³-hybridized carbons (Fsp3) is 0. The van der Waals surface area contributed by atoms with E-state index in [0.29, 0.717) is 0 Å². The van der Waals surface area contributed by atoms with Crippen LogP contribution in [0.1, 0.15) is 0 Å². The van der Waals surface area contributed by atoms with Gasteiger partial charge in [-0.25, -0.2) is 4.57 Å². The van der Waals surface area contributed by atoms with Crippen molar-refractivity contribution in [3.05, 3.63) is 0 Å². The zero-order valence-corrected chi connectivity index (χ0v) is 12.2. The van der Waals surface area contributed by atoms with Crippen molar-refractivity contribution in [3.63, 3.8) is 0 Å². The van der Waals surface area contributed by atoms with E-state index in [-0.39, 0.29) is 49.7 Å². The van der Waals surface area contributed by atoms with E-state index < -0.39 is 15.6 Å². The Morgan fingerprint density at radius 2 is 0.917 bits per heavy atom. The monoisotopic (exact) mass is 508 g/mol. The Morgan fingerprint density at radius 3 is 0.917 bits per heavy atom. The molecule has 0 atom stereocenters. The Labute approximate surface area is 103 Å². The SMILES string of the molecule is O=P(O)(O)O.O=P([O-])([O-])[O-].[Ag+].[Pb+2]. The average Bonchev–Trinajstić information content (AvgIpc) is 1.12. The van der Waals surface area contributed by atoms with Gasteiger partial charge in [-0.2, -0.15) is 7.82 Å². The van der Waals surface area contributed by atoms with Crippen LogP contribution in [0.2, 0.25) is 0 Å². The second-order valence-electron chi connectivity index (χ2n) is 0.960. The molecule has 0 aromatic carbocycles. The Morgan fingerprint density at radius 1 is 0.917 bits per heavy atom. The molecule has 3 N–H and O–H groups in total. The van der Waals surface area contributed by atoms with Crippen LogP contribution in [0.25, 0.3) is 0 Å². The van der Waals surface area contributed by atoms with Crippen molar-refractivity contribution in [2.24, 2.45) is 0 Å². The number of hydrogen-bond acceptors (Lipinski definition) is 5. The smallest absolute Gasteiger partial charge is 0.822 e. The molecule has 0 rings (SSSR count). The first-order valence-electron chi connectivity index (χ1n) is 1.51. The minimum absolute atomic E-state index is 0. The van der Waals surface area contributed by atoms with Crippen LogP contribution in [0.4, 0.5) is 0 Å². The molecule has 8 nitrogen and oxygen atoms in total. The van der Waals surface area contributed by atoms with E-state index in [2.05, 4.69) is 0 Å². The Kier molecular flexibility index (Phi) is 18.6. The van der Waals surface area contributed by atoms with Gasteiger partial charge in [0.15, 0.2) is 0 Å². The molecule has 0 aliphatic heterocycles. The summed E-state index contributed by atoms with van der Waals surface area (Å²) in [6.07, 6.45) is 0. The molecule has 0 aliphatic carbocycles. The van der Waals surface area contributed by atoms with Gasteiger partial charge in [0.1, 0.15) is 0 Å². The maximum absolute atomic E-state index is 8.88. The van der Waals surface area contributed by atoms with Gasteiger partial charge in [0.2, 0.25) is 0 Å². The van der Waals surface area contributed by atoms with E-state index in [4.69, 9.17) is 38.5 Å². The third-order valence-electron chi connectivity index (χ3n) is 0. The molecule has 0 unspecified atom stereocenters. The summed E-state index contributed by atoms with van der Waals surface area (Å²) in [6, 6.07) is 0. The van der Waals surface area contributed by atoms with E-state index >= 15 is 0 Å². The molecule has 0 spiro atoms. The normalized spacial score (nSPS) is 9.83. The van der Waals surface area contributed by atoms with E-state index in [1.165, 1.54) is 0 Å². The van der Waals surface area contributed by atoms with Crippen LogP contribution in [0.15, 0.2) is 0 Å². The quantitative estimate of drug-likeness (QED) is 0.220. The Bertz CT molecular complexity index is 129. The predicted octanol–water partition coefficient (Wildman–Crippen LogP) is -4.14. The van der Waals surface area contributed by atoms with Crippen molar-refractivity contribution in [1.82, 2.24) is 0 Å². The predicted molar refractivity (Wildman–Crippen MR) is 27.6 cm³/mol.